The zero-order chi connectivity index (χ0) is 14.7. The average Bonchev–Trinajstić information content (AvgIpc) is 2.71. The van der Waals surface area contributed by atoms with E-state index in [0.29, 0.717) is 36.4 Å². The van der Waals surface area contributed by atoms with Gasteiger partial charge in [-0.3, -0.25) is 0 Å². The molecule has 2 N–H and O–H groups in total. The van der Waals surface area contributed by atoms with E-state index in [-0.39, 0.29) is 0 Å². The Hall–Kier alpha value is -1.67. The van der Waals surface area contributed by atoms with E-state index in [4.69, 9.17) is 10.5 Å². The van der Waals surface area contributed by atoms with Gasteiger partial charge < -0.3 is 19.9 Å². The minimum atomic E-state index is 0.578. The maximum Gasteiger partial charge on any atom is 0.133 e. The van der Waals surface area contributed by atoms with Gasteiger partial charge in [-0.05, 0) is 24.3 Å². The lowest BCUT2D eigenvalue weighted by Crippen LogP contribution is -2.40. The van der Waals surface area contributed by atoms with E-state index < -0.39 is 0 Å². The molecule has 1 aliphatic rings. The lowest BCUT2D eigenvalue weighted by Gasteiger charge is -2.37. The number of hydrogen-bond acceptors (Lipinski definition) is 4. The summed E-state index contributed by atoms with van der Waals surface area (Å²) in [4.78, 5) is 2.32. The van der Waals surface area contributed by atoms with Crippen molar-refractivity contribution in [2.24, 2.45) is 11.8 Å². The fourth-order valence-corrected chi connectivity index (χ4v) is 3.25. The van der Waals surface area contributed by atoms with Gasteiger partial charge in [0.05, 0.1) is 12.3 Å². The summed E-state index contributed by atoms with van der Waals surface area (Å²) in [5.74, 6) is 2.28. The van der Waals surface area contributed by atoms with Crippen molar-refractivity contribution in [1.29, 1.82) is 5.26 Å². The van der Waals surface area contributed by atoms with Gasteiger partial charge in [0.15, 0.2) is 0 Å². The van der Waals surface area contributed by atoms with Crippen LogP contribution in [0.15, 0.2) is 6.07 Å². The fraction of sp³-hybridized carbons (Fsp3) is 0.667. The standard InChI is InChI=1S/C15H24N4O/c1-11-6-12(2)10-18(9-11)15-14(17)7-13(8-16)19(15)4-5-20-3/h7,11-12H,4-6,9-10,17H2,1-3H3/t11-,12-/m0/s1. The zero-order valence-corrected chi connectivity index (χ0v) is 12.6. The molecule has 1 aliphatic heterocycles. The van der Waals surface area contributed by atoms with Crippen LogP contribution in [0, 0.1) is 23.2 Å². The Morgan fingerprint density at radius 3 is 2.60 bits per heavy atom. The molecule has 1 aromatic heterocycles. The highest BCUT2D eigenvalue weighted by atomic mass is 16.5. The highest BCUT2D eigenvalue weighted by molar-refractivity contribution is 5.68. The van der Waals surface area contributed by atoms with Crippen molar-refractivity contribution in [3.8, 4) is 6.07 Å². The quantitative estimate of drug-likeness (QED) is 0.914. The molecular formula is C15H24N4O. The van der Waals surface area contributed by atoms with Crippen LogP contribution in [-0.2, 0) is 11.3 Å². The highest BCUT2D eigenvalue weighted by Gasteiger charge is 2.26. The van der Waals surface area contributed by atoms with Crippen LogP contribution in [0.2, 0.25) is 0 Å². The van der Waals surface area contributed by atoms with Crippen molar-refractivity contribution >= 4 is 11.5 Å². The first kappa shape index (κ1) is 14.7. The predicted molar refractivity (Wildman–Crippen MR) is 80.6 cm³/mol. The van der Waals surface area contributed by atoms with Crippen LogP contribution in [-0.4, -0.2) is 31.4 Å². The van der Waals surface area contributed by atoms with Crippen LogP contribution >= 0.6 is 0 Å². The van der Waals surface area contributed by atoms with Crippen LogP contribution in [0.3, 0.4) is 0 Å². The zero-order valence-electron chi connectivity index (χ0n) is 12.6. The van der Waals surface area contributed by atoms with E-state index in [2.05, 4.69) is 24.8 Å². The second-order valence-corrected chi connectivity index (χ2v) is 5.92. The molecule has 5 heteroatoms. The van der Waals surface area contributed by atoms with Gasteiger partial charge in [0.2, 0.25) is 0 Å². The molecule has 0 spiro atoms. The summed E-state index contributed by atoms with van der Waals surface area (Å²) in [7, 11) is 1.67. The molecule has 0 saturated carbocycles. The van der Waals surface area contributed by atoms with E-state index in [1.807, 2.05) is 4.57 Å². The summed E-state index contributed by atoms with van der Waals surface area (Å²) in [6, 6.07) is 4.00. The summed E-state index contributed by atoms with van der Waals surface area (Å²) in [6.07, 6.45) is 1.25. The molecule has 1 aromatic rings. The average molecular weight is 276 g/mol. The summed E-state index contributed by atoms with van der Waals surface area (Å²) >= 11 is 0. The normalized spacial score (nSPS) is 22.8. The third-order valence-corrected chi connectivity index (χ3v) is 3.90. The number of ether oxygens (including phenoxy) is 1. The summed E-state index contributed by atoms with van der Waals surface area (Å²) in [6.45, 7) is 7.77. The Morgan fingerprint density at radius 1 is 1.40 bits per heavy atom. The molecule has 0 bridgehead atoms. The van der Waals surface area contributed by atoms with E-state index in [1.165, 1.54) is 6.42 Å². The minimum absolute atomic E-state index is 0.578. The second-order valence-electron chi connectivity index (χ2n) is 5.92. The van der Waals surface area contributed by atoms with Crippen LogP contribution in [0.5, 0.6) is 0 Å². The smallest absolute Gasteiger partial charge is 0.133 e. The number of nitrogen functional groups attached to an aromatic ring is 1. The second kappa shape index (κ2) is 6.19. The lowest BCUT2D eigenvalue weighted by atomic mass is 9.92. The molecule has 20 heavy (non-hydrogen) atoms. The predicted octanol–water partition coefficient (Wildman–Crippen LogP) is 2.07. The minimum Gasteiger partial charge on any atom is -0.396 e. The monoisotopic (exact) mass is 276 g/mol. The topological polar surface area (TPSA) is 67.2 Å². The first-order valence-corrected chi connectivity index (χ1v) is 7.19. The number of rotatable bonds is 4. The number of piperidine rings is 1. The van der Waals surface area contributed by atoms with E-state index >= 15 is 0 Å². The van der Waals surface area contributed by atoms with Crippen molar-refractivity contribution in [3.05, 3.63) is 11.8 Å². The lowest BCUT2D eigenvalue weighted by molar-refractivity contribution is 0.187. The number of nitrogens with two attached hydrogens (primary N) is 1. The molecule has 5 nitrogen and oxygen atoms in total. The summed E-state index contributed by atoms with van der Waals surface area (Å²) < 4.78 is 7.14. The van der Waals surface area contributed by atoms with Crippen molar-refractivity contribution in [2.45, 2.75) is 26.8 Å². The van der Waals surface area contributed by atoms with Crippen molar-refractivity contribution in [1.82, 2.24) is 4.57 Å². The molecule has 0 aromatic carbocycles. The molecule has 0 unspecified atom stereocenters. The Kier molecular flexibility index (Phi) is 4.56. The molecule has 0 aliphatic carbocycles. The molecule has 1 fully saturated rings. The molecule has 110 valence electrons. The Bertz CT molecular complexity index is 493. The third kappa shape index (κ3) is 2.91. The van der Waals surface area contributed by atoms with Gasteiger partial charge in [0.1, 0.15) is 17.6 Å². The Morgan fingerprint density at radius 2 is 2.05 bits per heavy atom. The molecule has 0 radical (unpaired) electrons. The molecule has 2 heterocycles. The number of methoxy groups -OCH3 is 1. The maximum absolute atomic E-state index is 9.27. The van der Waals surface area contributed by atoms with Gasteiger partial charge in [-0.25, -0.2) is 0 Å². The van der Waals surface area contributed by atoms with E-state index in [0.717, 1.165) is 18.9 Å². The number of nitrogens with zero attached hydrogens (tertiary/aromatic N) is 3. The largest absolute Gasteiger partial charge is 0.396 e. The summed E-state index contributed by atoms with van der Waals surface area (Å²) in [5.41, 5.74) is 7.46. The number of nitriles is 1. The Labute approximate surface area is 120 Å². The number of hydrogen-bond donors (Lipinski definition) is 1. The van der Waals surface area contributed by atoms with Gasteiger partial charge in [0.25, 0.3) is 0 Å². The summed E-state index contributed by atoms with van der Waals surface area (Å²) in [5, 5.41) is 9.27. The number of anilines is 2. The first-order chi connectivity index (χ1) is 9.56. The van der Waals surface area contributed by atoms with Crippen LogP contribution in [0.25, 0.3) is 0 Å². The van der Waals surface area contributed by atoms with Gasteiger partial charge in [0, 0.05) is 26.7 Å². The van der Waals surface area contributed by atoms with Crippen LogP contribution in [0.1, 0.15) is 26.0 Å². The van der Waals surface area contributed by atoms with Crippen molar-refractivity contribution in [3.63, 3.8) is 0 Å². The highest BCUT2D eigenvalue weighted by Crippen LogP contribution is 2.32. The molecular weight excluding hydrogens is 252 g/mol. The van der Waals surface area contributed by atoms with Crippen molar-refractivity contribution < 1.29 is 4.74 Å². The molecule has 0 amide bonds. The SMILES string of the molecule is COCCn1c(C#N)cc(N)c1N1C[C@@H](C)C[C@H](C)C1. The Balaban J connectivity index is 2.34. The molecule has 2 rings (SSSR count). The molecule has 1 saturated heterocycles. The third-order valence-electron chi connectivity index (χ3n) is 3.90. The van der Waals surface area contributed by atoms with E-state index in [1.54, 1.807) is 13.2 Å². The number of aromatic nitrogens is 1. The maximum atomic E-state index is 9.27. The first-order valence-electron chi connectivity index (χ1n) is 7.19. The van der Waals surface area contributed by atoms with Gasteiger partial charge in [-0.2, -0.15) is 5.26 Å². The van der Waals surface area contributed by atoms with Crippen LogP contribution in [0.4, 0.5) is 11.5 Å². The van der Waals surface area contributed by atoms with Crippen LogP contribution < -0.4 is 10.6 Å². The van der Waals surface area contributed by atoms with Gasteiger partial charge in [-0.1, -0.05) is 13.8 Å². The molecule has 2 atom stereocenters. The van der Waals surface area contributed by atoms with Crippen molar-refractivity contribution in [2.75, 3.05) is 37.4 Å². The van der Waals surface area contributed by atoms with E-state index in [9.17, 15) is 5.26 Å². The van der Waals surface area contributed by atoms with Gasteiger partial charge in [-0.15, -0.1) is 0 Å². The van der Waals surface area contributed by atoms with Gasteiger partial charge >= 0.3 is 0 Å². The fourth-order valence-electron chi connectivity index (χ4n) is 3.25.